The number of carbonyl (C=O) groups is 1. The number of primary amides is 1. The van der Waals surface area contributed by atoms with E-state index in [9.17, 15) is 4.79 Å². The molecule has 0 spiro atoms. The molecule has 1 amide bonds. The second-order valence-electron chi connectivity index (χ2n) is 4.08. The third-order valence-electron chi connectivity index (χ3n) is 2.78. The average Bonchev–Trinajstić information content (AvgIpc) is 2.35. The molecular formula is C13H19N3O. The summed E-state index contributed by atoms with van der Waals surface area (Å²) in [5, 5.41) is 2.86. The molecule has 1 fully saturated rings. The third-order valence-corrected chi connectivity index (χ3v) is 2.78. The van der Waals surface area contributed by atoms with Crippen LogP contribution in [0.2, 0.25) is 0 Å². The number of nitrogens with two attached hydrogens (primary N) is 1. The van der Waals surface area contributed by atoms with Crippen molar-refractivity contribution in [1.82, 2.24) is 10.2 Å². The van der Waals surface area contributed by atoms with Crippen LogP contribution in [0.4, 0.5) is 0 Å². The Morgan fingerprint density at radius 1 is 1.35 bits per heavy atom. The fraction of sp³-hybridized carbons (Fsp3) is 0.462. The van der Waals surface area contributed by atoms with Gasteiger partial charge in [0.1, 0.15) is 5.82 Å². The molecule has 17 heavy (non-hydrogen) atoms. The Morgan fingerprint density at radius 3 is 2.53 bits per heavy atom. The quantitative estimate of drug-likeness (QED) is 0.329. The molecule has 0 aromatic carbocycles. The zero-order valence-corrected chi connectivity index (χ0v) is 10.2. The monoisotopic (exact) mass is 233 g/mol. The minimum Gasteiger partial charge on any atom is -0.366 e. The molecule has 0 aliphatic carbocycles. The molecule has 1 saturated heterocycles. The van der Waals surface area contributed by atoms with Gasteiger partial charge in [-0.05, 0) is 32.3 Å². The maximum absolute atomic E-state index is 10.9. The number of terminal acetylenes is 1. The Labute approximate surface area is 103 Å². The van der Waals surface area contributed by atoms with Crippen LogP contribution in [0.3, 0.4) is 0 Å². The van der Waals surface area contributed by atoms with Gasteiger partial charge in [0.25, 0.3) is 0 Å². The smallest absolute Gasteiger partial charge is 0.244 e. The lowest BCUT2D eigenvalue weighted by Crippen LogP contribution is -2.34. The predicted molar refractivity (Wildman–Crippen MR) is 68.4 cm³/mol. The van der Waals surface area contributed by atoms with Gasteiger partial charge in [-0.1, -0.05) is 12.5 Å². The van der Waals surface area contributed by atoms with E-state index in [-0.39, 0.29) is 0 Å². The Bertz CT molecular complexity index is 371. The summed E-state index contributed by atoms with van der Waals surface area (Å²) >= 11 is 0. The molecule has 0 atom stereocenters. The summed E-state index contributed by atoms with van der Waals surface area (Å²) in [4.78, 5) is 13.1. The number of nitrogens with zero attached hydrogens (tertiary/aromatic N) is 1. The maximum Gasteiger partial charge on any atom is 0.244 e. The molecule has 0 aromatic heterocycles. The van der Waals surface area contributed by atoms with Crippen LogP contribution in [0.25, 0.3) is 0 Å². The van der Waals surface area contributed by atoms with Crippen molar-refractivity contribution >= 4 is 5.91 Å². The molecule has 4 heteroatoms. The van der Waals surface area contributed by atoms with Crippen molar-refractivity contribution in [2.75, 3.05) is 13.1 Å². The van der Waals surface area contributed by atoms with E-state index in [1.165, 1.54) is 19.3 Å². The van der Waals surface area contributed by atoms with E-state index in [4.69, 9.17) is 12.2 Å². The van der Waals surface area contributed by atoms with Gasteiger partial charge in [0.05, 0.1) is 0 Å². The number of hydrogen-bond donors (Lipinski definition) is 2. The van der Waals surface area contributed by atoms with Crippen molar-refractivity contribution < 1.29 is 4.79 Å². The van der Waals surface area contributed by atoms with Gasteiger partial charge in [-0.25, -0.2) is 0 Å². The molecule has 3 N–H and O–H groups in total. The van der Waals surface area contributed by atoms with Crippen molar-refractivity contribution in [3.05, 3.63) is 23.5 Å². The first-order valence-electron chi connectivity index (χ1n) is 5.80. The SMILES string of the molecule is C#CN/C(=C\C=C(/C)C(N)=O)N1CCCCC1. The Kier molecular flexibility index (Phi) is 5.15. The normalized spacial score (nSPS) is 17.5. The summed E-state index contributed by atoms with van der Waals surface area (Å²) in [7, 11) is 0. The number of amides is 1. The highest BCUT2D eigenvalue weighted by Gasteiger charge is 2.12. The lowest BCUT2D eigenvalue weighted by atomic mass is 10.1. The minimum atomic E-state index is -0.417. The van der Waals surface area contributed by atoms with E-state index in [2.05, 4.69) is 16.3 Å². The molecule has 1 rings (SSSR count). The van der Waals surface area contributed by atoms with E-state index in [0.29, 0.717) is 5.57 Å². The summed E-state index contributed by atoms with van der Waals surface area (Å²) in [6.45, 7) is 3.66. The van der Waals surface area contributed by atoms with Crippen molar-refractivity contribution in [3.63, 3.8) is 0 Å². The molecule has 0 unspecified atom stereocenters. The lowest BCUT2D eigenvalue weighted by molar-refractivity contribution is -0.114. The van der Waals surface area contributed by atoms with Crippen LogP contribution in [0.5, 0.6) is 0 Å². The van der Waals surface area contributed by atoms with Crippen LogP contribution in [0, 0.1) is 12.5 Å². The third kappa shape index (κ3) is 4.23. The number of hydrogen-bond acceptors (Lipinski definition) is 3. The van der Waals surface area contributed by atoms with Crippen LogP contribution < -0.4 is 11.1 Å². The van der Waals surface area contributed by atoms with Crippen LogP contribution in [0.1, 0.15) is 26.2 Å². The highest BCUT2D eigenvalue weighted by molar-refractivity contribution is 5.91. The zero-order chi connectivity index (χ0) is 12.7. The fourth-order valence-corrected chi connectivity index (χ4v) is 1.72. The van der Waals surface area contributed by atoms with Gasteiger partial charge >= 0.3 is 0 Å². The second kappa shape index (κ2) is 6.64. The number of nitrogens with one attached hydrogen (secondary N) is 1. The Balaban J connectivity index is 2.77. The van der Waals surface area contributed by atoms with Crippen LogP contribution in [-0.4, -0.2) is 23.9 Å². The predicted octanol–water partition coefficient (Wildman–Crippen LogP) is 0.926. The van der Waals surface area contributed by atoms with Gasteiger partial charge in [0.15, 0.2) is 0 Å². The summed E-state index contributed by atoms with van der Waals surface area (Å²) in [5.41, 5.74) is 5.68. The number of likely N-dealkylation sites (tertiary alicyclic amines) is 1. The number of allylic oxidation sites excluding steroid dienone is 2. The summed E-state index contributed by atoms with van der Waals surface area (Å²) < 4.78 is 0. The minimum absolute atomic E-state index is 0.417. The molecule has 4 nitrogen and oxygen atoms in total. The second-order valence-corrected chi connectivity index (χ2v) is 4.08. The van der Waals surface area contributed by atoms with Gasteiger partial charge < -0.3 is 16.0 Å². The molecule has 1 heterocycles. The highest BCUT2D eigenvalue weighted by Crippen LogP contribution is 2.13. The van der Waals surface area contributed by atoms with E-state index < -0.39 is 5.91 Å². The van der Waals surface area contributed by atoms with Gasteiger partial charge in [0.2, 0.25) is 5.91 Å². The molecule has 0 radical (unpaired) electrons. The molecule has 0 saturated carbocycles. The Hall–Kier alpha value is -1.89. The maximum atomic E-state index is 10.9. The number of piperidine rings is 1. The van der Waals surface area contributed by atoms with Crippen molar-refractivity contribution in [2.45, 2.75) is 26.2 Å². The topological polar surface area (TPSA) is 58.4 Å². The van der Waals surface area contributed by atoms with Crippen LogP contribution in [0.15, 0.2) is 23.5 Å². The van der Waals surface area contributed by atoms with Gasteiger partial charge in [0, 0.05) is 24.7 Å². The van der Waals surface area contributed by atoms with Gasteiger partial charge in [-0.2, -0.15) is 0 Å². The molecule has 0 aromatic rings. The van der Waals surface area contributed by atoms with Gasteiger partial charge in [-0.15, -0.1) is 0 Å². The van der Waals surface area contributed by atoms with Crippen LogP contribution in [-0.2, 0) is 4.79 Å². The first-order chi connectivity index (χ1) is 8.15. The van der Waals surface area contributed by atoms with Crippen molar-refractivity contribution in [1.29, 1.82) is 0 Å². The molecule has 1 aliphatic rings. The average molecular weight is 233 g/mol. The van der Waals surface area contributed by atoms with Crippen LogP contribution >= 0.6 is 0 Å². The molecule has 1 aliphatic heterocycles. The van der Waals surface area contributed by atoms with E-state index in [1.807, 2.05) is 6.08 Å². The zero-order valence-electron chi connectivity index (χ0n) is 10.2. The molecular weight excluding hydrogens is 214 g/mol. The molecule has 0 bridgehead atoms. The standard InChI is InChI=1S/C13H19N3O/c1-3-15-12(8-7-11(2)13(14)17)16-9-5-4-6-10-16/h1,7-8,15H,4-6,9-10H2,2H3,(H2,14,17)/b11-7+,12-8+. The first-order valence-corrected chi connectivity index (χ1v) is 5.80. The van der Waals surface area contributed by atoms with E-state index in [0.717, 1.165) is 18.9 Å². The Morgan fingerprint density at radius 2 is 2.00 bits per heavy atom. The number of carbonyl (C=O) groups excluding carboxylic acids is 1. The number of rotatable bonds is 4. The summed E-state index contributed by atoms with van der Waals surface area (Å²) in [6.07, 6.45) is 12.4. The van der Waals surface area contributed by atoms with Gasteiger partial charge in [-0.3, -0.25) is 4.79 Å². The highest BCUT2D eigenvalue weighted by atomic mass is 16.1. The van der Waals surface area contributed by atoms with E-state index >= 15 is 0 Å². The summed E-state index contributed by atoms with van der Waals surface area (Å²) in [5.74, 6) is 0.438. The first kappa shape index (κ1) is 13.2. The fourth-order valence-electron chi connectivity index (χ4n) is 1.72. The van der Waals surface area contributed by atoms with Crippen molar-refractivity contribution in [2.24, 2.45) is 5.73 Å². The van der Waals surface area contributed by atoms with E-state index in [1.54, 1.807) is 13.0 Å². The van der Waals surface area contributed by atoms with Crippen molar-refractivity contribution in [3.8, 4) is 12.5 Å². The lowest BCUT2D eigenvalue weighted by Gasteiger charge is -2.30. The summed E-state index contributed by atoms with van der Waals surface area (Å²) in [6, 6.07) is 2.41. The largest absolute Gasteiger partial charge is 0.366 e. The molecule has 92 valence electrons.